The quantitative estimate of drug-likeness (QED) is 0.628. The van der Waals surface area contributed by atoms with Crippen molar-refractivity contribution in [1.29, 1.82) is 0 Å². The van der Waals surface area contributed by atoms with Gasteiger partial charge in [0.2, 0.25) is 0 Å². The summed E-state index contributed by atoms with van der Waals surface area (Å²) in [6.07, 6.45) is 4.55. The average Bonchev–Trinajstić information content (AvgIpc) is 2.44. The van der Waals surface area contributed by atoms with Gasteiger partial charge >= 0.3 is 0 Å². The van der Waals surface area contributed by atoms with Crippen molar-refractivity contribution in [2.45, 2.75) is 12.8 Å². The average molecular weight is 172 g/mol. The van der Waals surface area contributed by atoms with Crippen LogP contribution in [0.25, 0.3) is 10.9 Å². The van der Waals surface area contributed by atoms with Crippen LogP contribution in [0.2, 0.25) is 0 Å². The molecule has 0 fully saturated rings. The van der Waals surface area contributed by atoms with Gasteiger partial charge in [0, 0.05) is 29.3 Å². The van der Waals surface area contributed by atoms with Crippen LogP contribution >= 0.6 is 0 Å². The molecule has 2 aromatic rings. The van der Waals surface area contributed by atoms with Gasteiger partial charge in [-0.25, -0.2) is 0 Å². The van der Waals surface area contributed by atoms with Gasteiger partial charge in [-0.2, -0.15) is 0 Å². The monoisotopic (exact) mass is 172 g/mol. The van der Waals surface area contributed by atoms with E-state index in [0.717, 1.165) is 6.54 Å². The molecular weight excluding hydrogens is 160 g/mol. The minimum atomic E-state index is 1.09. The molecule has 0 radical (unpaired) electrons. The highest BCUT2D eigenvalue weighted by Crippen LogP contribution is 2.29. The summed E-state index contributed by atoms with van der Waals surface area (Å²) < 4.78 is 0. The van der Waals surface area contributed by atoms with Gasteiger partial charge in [-0.3, -0.25) is 0 Å². The fraction of sp³-hybridized carbons (Fsp3) is 0.273. The molecule has 2 heterocycles. The summed E-state index contributed by atoms with van der Waals surface area (Å²) in [6, 6.07) is 6.39. The number of H-pyrrole nitrogens is 1. The van der Waals surface area contributed by atoms with Crippen LogP contribution < -0.4 is 5.32 Å². The minimum absolute atomic E-state index is 1.09. The lowest BCUT2D eigenvalue weighted by atomic mass is 10.1. The lowest BCUT2D eigenvalue weighted by Gasteiger charge is -2.03. The van der Waals surface area contributed by atoms with E-state index in [1.54, 1.807) is 0 Å². The van der Waals surface area contributed by atoms with E-state index in [4.69, 9.17) is 0 Å². The molecule has 0 saturated carbocycles. The lowest BCUT2D eigenvalue weighted by molar-refractivity contribution is 0.878. The first-order valence-corrected chi connectivity index (χ1v) is 4.78. The smallest absolute Gasteiger partial charge is 0.0477 e. The Bertz CT molecular complexity index is 442. The maximum atomic E-state index is 3.46. The number of aromatic amines is 1. The molecule has 0 bridgehead atoms. The molecule has 2 heteroatoms. The Morgan fingerprint density at radius 2 is 2.23 bits per heavy atom. The summed E-state index contributed by atoms with van der Waals surface area (Å²) in [5.41, 5.74) is 3.99. The number of hydrogen-bond donors (Lipinski definition) is 2. The first kappa shape index (κ1) is 7.01. The van der Waals surface area contributed by atoms with Crippen LogP contribution in [0.4, 0.5) is 5.69 Å². The van der Waals surface area contributed by atoms with E-state index in [2.05, 4.69) is 34.7 Å². The molecule has 0 saturated heterocycles. The van der Waals surface area contributed by atoms with Gasteiger partial charge in [0.15, 0.2) is 0 Å². The summed E-state index contributed by atoms with van der Waals surface area (Å²) in [7, 11) is 0. The predicted molar refractivity (Wildman–Crippen MR) is 55.1 cm³/mol. The van der Waals surface area contributed by atoms with E-state index >= 15 is 0 Å². The van der Waals surface area contributed by atoms with E-state index < -0.39 is 0 Å². The van der Waals surface area contributed by atoms with E-state index in [1.807, 2.05) is 0 Å². The second-order valence-electron chi connectivity index (χ2n) is 3.57. The van der Waals surface area contributed by atoms with E-state index in [0.29, 0.717) is 0 Å². The second kappa shape index (κ2) is 2.52. The number of rotatable bonds is 0. The zero-order chi connectivity index (χ0) is 8.67. The summed E-state index contributed by atoms with van der Waals surface area (Å²) in [4.78, 5) is 3.31. The highest BCUT2D eigenvalue weighted by Gasteiger charge is 2.10. The number of anilines is 1. The Morgan fingerprint density at radius 1 is 1.23 bits per heavy atom. The van der Waals surface area contributed by atoms with Crippen LogP contribution in [0, 0.1) is 0 Å². The Kier molecular flexibility index (Phi) is 1.36. The van der Waals surface area contributed by atoms with E-state index in [9.17, 15) is 0 Å². The van der Waals surface area contributed by atoms with Gasteiger partial charge in [0.25, 0.3) is 0 Å². The normalized spacial score (nSPS) is 15.4. The van der Waals surface area contributed by atoms with Crippen LogP contribution in [0.3, 0.4) is 0 Å². The Hall–Kier alpha value is -1.44. The largest absolute Gasteiger partial charge is 0.384 e. The van der Waals surface area contributed by atoms with Gasteiger partial charge in [-0.05, 0) is 30.5 Å². The van der Waals surface area contributed by atoms with Crippen molar-refractivity contribution in [2.24, 2.45) is 0 Å². The summed E-state index contributed by atoms with van der Waals surface area (Å²) >= 11 is 0. The lowest BCUT2D eigenvalue weighted by Crippen LogP contribution is -1.99. The minimum Gasteiger partial charge on any atom is -0.384 e. The van der Waals surface area contributed by atoms with Crippen molar-refractivity contribution in [1.82, 2.24) is 4.98 Å². The van der Waals surface area contributed by atoms with Gasteiger partial charge in [0.1, 0.15) is 0 Å². The van der Waals surface area contributed by atoms with Crippen molar-refractivity contribution < 1.29 is 0 Å². The van der Waals surface area contributed by atoms with Crippen molar-refractivity contribution in [2.75, 3.05) is 11.9 Å². The maximum absolute atomic E-state index is 3.46. The maximum Gasteiger partial charge on any atom is 0.0477 e. The topological polar surface area (TPSA) is 27.8 Å². The first-order chi connectivity index (χ1) is 6.45. The van der Waals surface area contributed by atoms with Crippen LogP contribution in [0.15, 0.2) is 24.4 Å². The highest BCUT2D eigenvalue weighted by molar-refractivity contribution is 5.95. The van der Waals surface area contributed by atoms with Gasteiger partial charge in [0.05, 0.1) is 0 Å². The molecule has 1 aliphatic rings. The van der Waals surface area contributed by atoms with Gasteiger partial charge in [-0.15, -0.1) is 0 Å². The summed E-state index contributed by atoms with van der Waals surface area (Å²) in [6.45, 7) is 1.09. The third-order valence-electron chi connectivity index (χ3n) is 2.73. The van der Waals surface area contributed by atoms with E-state index in [1.165, 1.54) is 35.0 Å². The molecule has 0 atom stereocenters. The summed E-state index contributed by atoms with van der Waals surface area (Å²) in [5, 5.41) is 4.84. The van der Waals surface area contributed by atoms with Crippen LogP contribution in [0.5, 0.6) is 0 Å². The van der Waals surface area contributed by atoms with Crippen molar-refractivity contribution in [3.63, 3.8) is 0 Å². The molecule has 1 aliphatic heterocycles. The third-order valence-corrected chi connectivity index (χ3v) is 2.73. The van der Waals surface area contributed by atoms with Crippen molar-refractivity contribution in [3.8, 4) is 0 Å². The fourth-order valence-electron chi connectivity index (χ4n) is 2.10. The van der Waals surface area contributed by atoms with Crippen LogP contribution in [-0.2, 0) is 6.42 Å². The molecule has 1 aromatic heterocycles. The SMILES string of the molecule is c1cc2c3c(c[nH]c3c1)CCCN2. The standard InChI is InChI=1S/C11H12N2/c1-4-9-11-8(3-2-6-12-9)7-13-10(11)5-1/h1,4-5,7,12-13H,2-3,6H2. The molecule has 13 heavy (non-hydrogen) atoms. The molecule has 0 aliphatic carbocycles. The van der Waals surface area contributed by atoms with Crippen molar-refractivity contribution >= 4 is 16.6 Å². The van der Waals surface area contributed by atoms with Gasteiger partial charge < -0.3 is 10.3 Å². The molecular formula is C11H12N2. The number of aromatic nitrogens is 1. The molecule has 3 rings (SSSR count). The Morgan fingerprint density at radius 3 is 3.23 bits per heavy atom. The highest BCUT2D eigenvalue weighted by atomic mass is 14.9. The number of nitrogens with one attached hydrogen (secondary N) is 2. The molecule has 1 aromatic carbocycles. The number of benzene rings is 1. The molecule has 0 amide bonds. The van der Waals surface area contributed by atoms with Crippen LogP contribution in [-0.4, -0.2) is 11.5 Å². The van der Waals surface area contributed by atoms with E-state index in [-0.39, 0.29) is 0 Å². The third kappa shape index (κ3) is 0.949. The molecule has 66 valence electrons. The zero-order valence-corrected chi connectivity index (χ0v) is 7.43. The Balaban J connectivity index is 2.40. The van der Waals surface area contributed by atoms with Crippen molar-refractivity contribution in [3.05, 3.63) is 30.0 Å². The second-order valence-corrected chi connectivity index (χ2v) is 3.57. The van der Waals surface area contributed by atoms with Crippen LogP contribution in [0.1, 0.15) is 12.0 Å². The molecule has 2 N–H and O–H groups in total. The number of hydrogen-bond acceptors (Lipinski definition) is 1. The molecule has 0 unspecified atom stereocenters. The van der Waals surface area contributed by atoms with Gasteiger partial charge in [-0.1, -0.05) is 6.07 Å². The zero-order valence-electron chi connectivity index (χ0n) is 7.43. The predicted octanol–water partition coefficient (Wildman–Crippen LogP) is 2.53. The number of aryl methyl sites for hydroxylation is 1. The molecule has 2 nitrogen and oxygen atoms in total. The first-order valence-electron chi connectivity index (χ1n) is 4.78. The fourth-order valence-corrected chi connectivity index (χ4v) is 2.10. The summed E-state index contributed by atoms with van der Waals surface area (Å²) in [5.74, 6) is 0. The Labute approximate surface area is 77.0 Å². The molecule has 0 spiro atoms.